The second-order valence-corrected chi connectivity index (χ2v) is 8.99. The maximum absolute atomic E-state index is 13.9. The lowest BCUT2D eigenvalue weighted by Crippen LogP contribution is -2.60. The normalized spacial score (nSPS) is 30.6. The molecule has 2 saturated carbocycles. The van der Waals surface area contributed by atoms with Gasteiger partial charge in [-0.05, 0) is 68.1 Å². The first-order valence-electron chi connectivity index (χ1n) is 10.3. The van der Waals surface area contributed by atoms with E-state index in [0.29, 0.717) is 30.0 Å². The van der Waals surface area contributed by atoms with Crippen LogP contribution in [-0.4, -0.2) is 28.0 Å². The third kappa shape index (κ3) is 3.13. The summed E-state index contributed by atoms with van der Waals surface area (Å²) in [5, 5.41) is 6.91. The number of hydrogen-bond donors (Lipinski definition) is 3. The van der Waals surface area contributed by atoms with Gasteiger partial charge in [-0.1, -0.05) is 12.1 Å². The van der Waals surface area contributed by atoms with E-state index < -0.39 is 0 Å². The van der Waals surface area contributed by atoms with Gasteiger partial charge in [0.25, 0.3) is 0 Å². The first-order valence-corrected chi connectivity index (χ1v) is 10.3. The van der Waals surface area contributed by atoms with Crippen molar-refractivity contribution < 1.29 is 9.18 Å². The summed E-state index contributed by atoms with van der Waals surface area (Å²) < 4.78 is 13.9. The molecule has 148 valence electrons. The fraction of sp³-hybridized carbons (Fsp3) is 0.545. The minimum absolute atomic E-state index is 0.0607. The lowest BCUT2D eigenvalue weighted by molar-refractivity contribution is -0.124. The molecule has 3 aliphatic rings. The SMILES string of the molecule is Cc1[nH]cnc1CC(=O)NC1CC2(C1)CC(NC1CCc3c(F)cccc31)C2. The molecule has 1 aromatic carbocycles. The molecule has 2 fully saturated rings. The number of aromatic amines is 1. The van der Waals surface area contributed by atoms with E-state index in [1.54, 1.807) is 12.4 Å². The third-order valence-corrected chi connectivity index (χ3v) is 7.00. The molecule has 5 rings (SSSR count). The predicted molar refractivity (Wildman–Crippen MR) is 104 cm³/mol. The van der Waals surface area contributed by atoms with Gasteiger partial charge in [-0.15, -0.1) is 0 Å². The van der Waals surface area contributed by atoms with E-state index in [1.165, 1.54) is 12.8 Å². The van der Waals surface area contributed by atoms with Gasteiger partial charge in [-0.25, -0.2) is 9.37 Å². The van der Waals surface area contributed by atoms with Gasteiger partial charge in [-0.2, -0.15) is 0 Å². The van der Waals surface area contributed by atoms with Crippen molar-refractivity contribution in [3.8, 4) is 0 Å². The highest BCUT2D eigenvalue weighted by Gasteiger charge is 2.53. The first kappa shape index (κ1) is 17.9. The summed E-state index contributed by atoms with van der Waals surface area (Å²) in [5.41, 5.74) is 4.23. The third-order valence-electron chi connectivity index (χ3n) is 7.00. The van der Waals surface area contributed by atoms with Crippen LogP contribution in [0, 0.1) is 18.2 Å². The Morgan fingerprint density at radius 3 is 2.82 bits per heavy atom. The number of nitrogens with zero attached hydrogens (tertiary/aromatic N) is 1. The molecule has 2 aromatic rings. The van der Waals surface area contributed by atoms with Gasteiger partial charge in [0.15, 0.2) is 0 Å². The zero-order valence-corrected chi connectivity index (χ0v) is 16.2. The smallest absolute Gasteiger partial charge is 0.226 e. The zero-order chi connectivity index (χ0) is 19.3. The van der Waals surface area contributed by atoms with Crippen LogP contribution in [0.4, 0.5) is 4.39 Å². The Bertz CT molecular complexity index is 894. The second-order valence-electron chi connectivity index (χ2n) is 8.99. The number of amides is 1. The minimum atomic E-state index is -0.0607. The summed E-state index contributed by atoms with van der Waals surface area (Å²) in [6.07, 6.45) is 8.29. The van der Waals surface area contributed by atoms with Crippen LogP contribution in [0.25, 0.3) is 0 Å². The van der Waals surface area contributed by atoms with Crippen molar-refractivity contribution in [3.05, 3.63) is 52.9 Å². The van der Waals surface area contributed by atoms with Crippen LogP contribution >= 0.6 is 0 Å². The average molecular weight is 382 g/mol. The number of nitrogens with one attached hydrogen (secondary N) is 3. The van der Waals surface area contributed by atoms with Crippen LogP contribution in [0.1, 0.15) is 60.7 Å². The van der Waals surface area contributed by atoms with E-state index in [2.05, 4.69) is 26.7 Å². The van der Waals surface area contributed by atoms with Gasteiger partial charge in [0.1, 0.15) is 5.82 Å². The van der Waals surface area contributed by atoms with E-state index in [9.17, 15) is 9.18 Å². The molecule has 5 nitrogen and oxygen atoms in total. The number of halogens is 1. The fourth-order valence-corrected chi connectivity index (χ4v) is 5.59. The topological polar surface area (TPSA) is 69.8 Å². The lowest BCUT2D eigenvalue weighted by Gasteiger charge is -2.58. The quantitative estimate of drug-likeness (QED) is 0.744. The number of aromatic nitrogens is 2. The maximum Gasteiger partial charge on any atom is 0.226 e. The molecule has 1 spiro atoms. The largest absolute Gasteiger partial charge is 0.353 e. The molecule has 6 heteroatoms. The van der Waals surface area contributed by atoms with E-state index in [0.717, 1.165) is 48.2 Å². The summed E-state index contributed by atoms with van der Waals surface area (Å²) >= 11 is 0. The molecule has 3 aliphatic carbocycles. The summed E-state index contributed by atoms with van der Waals surface area (Å²) in [6.45, 7) is 1.94. The van der Waals surface area contributed by atoms with Crippen LogP contribution in [0.3, 0.4) is 0 Å². The summed E-state index contributed by atoms with van der Waals surface area (Å²) in [6, 6.07) is 6.56. The number of rotatable bonds is 5. The maximum atomic E-state index is 13.9. The minimum Gasteiger partial charge on any atom is -0.353 e. The Kier molecular flexibility index (Phi) is 4.27. The number of H-pyrrole nitrogens is 1. The first-order chi connectivity index (χ1) is 13.5. The van der Waals surface area contributed by atoms with E-state index in [4.69, 9.17) is 0 Å². The monoisotopic (exact) mass is 382 g/mol. The summed E-state index contributed by atoms with van der Waals surface area (Å²) in [4.78, 5) is 19.4. The number of carbonyl (C=O) groups excluding carboxylic acids is 1. The molecule has 1 heterocycles. The van der Waals surface area contributed by atoms with Crippen molar-refractivity contribution in [1.29, 1.82) is 0 Å². The molecule has 0 saturated heterocycles. The zero-order valence-electron chi connectivity index (χ0n) is 16.2. The number of fused-ring (bicyclic) bond motifs is 1. The molecule has 3 N–H and O–H groups in total. The van der Waals surface area contributed by atoms with E-state index in [1.807, 2.05) is 13.0 Å². The number of benzene rings is 1. The van der Waals surface area contributed by atoms with Crippen LogP contribution in [0.2, 0.25) is 0 Å². The van der Waals surface area contributed by atoms with Crippen molar-refractivity contribution in [2.45, 2.75) is 70.0 Å². The standard InChI is InChI=1S/C22H27FN4O/c1-13-20(25-12-24-13)7-21(28)27-15-10-22(11-15)8-14(9-22)26-19-6-5-16-17(19)3-2-4-18(16)23/h2-4,12,14-15,19,26H,5-11H2,1H3,(H,24,25)(H,27,28). The summed E-state index contributed by atoms with van der Waals surface area (Å²) in [7, 11) is 0. The Labute approximate surface area is 164 Å². The van der Waals surface area contributed by atoms with Crippen LogP contribution in [0.5, 0.6) is 0 Å². The molecular weight excluding hydrogens is 355 g/mol. The van der Waals surface area contributed by atoms with E-state index in [-0.39, 0.29) is 11.7 Å². The Balaban J connectivity index is 1.07. The van der Waals surface area contributed by atoms with Crippen LogP contribution < -0.4 is 10.6 Å². The van der Waals surface area contributed by atoms with Gasteiger partial charge < -0.3 is 15.6 Å². The van der Waals surface area contributed by atoms with Crippen molar-refractivity contribution in [2.24, 2.45) is 5.41 Å². The highest BCUT2D eigenvalue weighted by atomic mass is 19.1. The van der Waals surface area contributed by atoms with Crippen molar-refractivity contribution >= 4 is 5.91 Å². The molecule has 1 aromatic heterocycles. The van der Waals surface area contributed by atoms with Crippen LogP contribution in [0.15, 0.2) is 24.5 Å². The Hall–Kier alpha value is -2.21. The number of aryl methyl sites for hydroxylation is 1. The number of imidazole rings is 1. The van der Waals surface area contributed by atoms with E-state index >= 15 is 0 Å². The number of hydrogen-bond acceptors (Lipinski definition) is 3. The second kappa shape index (κ2) is 6.69. The van der Waals surface area contributed by atoms with Gasteiger partial charge in [0.2, 0.25) is 5.91 Å². The van der Waals surface area contributed by atoms with Gasteiger partial charge in [0, 0.05) is 23.8 Å². The predicted octanol–water partition coefficient (Wildman–Crippen LogP) is 3.10. The highest BCUT2D eigenvalue weighted by molar-refractivity contribution is 5.78. The molecular formula is C22H27FN4O. The van der Waals surface area contributed by atoms with Crippen molar-refractivity contribution in [1.82, 2.24) is 20.6 Å². The van der Waals surface area contributed by atoms with Gasteiger partial charge in [0.05, 0.1) is 18.4 Å². The Morgan fingerprint density at radius 1 is 1.29 bits per heavy atom. The van der Waals surface area contributed by atoms with Gasteiger partial charge in [-0.3, -0.25) is 4.79 Å². The molecule has 28 heavy (non-hydrogen) atoms. The molecule has 0 radical (unpaired) electrons. The van der Waals surface area contributed by atoms with Crippen molar-refractivity contribution in [3.63, 3.8) is 0 Å². The highest BCUT2D eigenvalue weighted by Crippen LogP contribution is 2.56. The van der Waals surface area contributed by atoms with Gasteiger partial charge >= 0.3 is 0 Å². The fourth-order valence-electron chi connectivity index (χ4n) is 5.59. The van der Waals surface area contributed by atoms with Crippen molar-refractivity contribution in [2.75, 3.05) is 0 Å². The summed E-state index contributed by atoms with van der Waals surface area (Å²) in [5.74, 6) is 0.00289. The number of carbonyl (C=O) groups is 1. The molecule has 0 aliphatic heterocycles. The average Bonchev–Trinajstić information content (AvgIpc) is 3.19. The molecule has 1 unspecified atom stereocenters. The molecule has 1 atom stereocenters. The lowest BCUT2D eigenvalue weighted by atomic mass is 9.52. The van der Waals surface area contributed by atoms with Crippen LogP contribution in [-0.2, 0) is 17.6 Å². The molecule has 0 bridgehead atoms. The molecule has 1 amide bonds. The Morgan fingerprint density at radius 2 is 2.07 bits per heavy atom.